The predicted molar refractivity (Wildman–Crippen MR) is 143 cm³/mol. The average molecular weight is 471 g/mol. The summed E-state index contributed by atoms with van der Waals surface area (Å²) in [5.74, 6) is -0.153. The van der Waals surface area contributed by atoms with Crippen LogP contribution < -0.4 is 5.32 Å². The molecule has 0 aromatic heterocycles. The lowest BCUT2D eigenvalue weighted by atomic mass is 9.99. The van der Waals surface area contributed by atoms with Crippen LogP contribution in [0.15, 0.2) is 72.8 Å². The summed E-state index contributed by atoms with van der Waals surface area (Å²) in [6.45, 7) is 10.6. The van der Waals surface area contributed by atoms with E-state index in [0.29, 0.717) is 13.0 Å². The maximum absolute atomic E-state index is 13.8. The quantitative estimate of drug-likeness (QED) is 0.413. The van der Waals surface area contributed by atoms with Gasteiger partial charge in [-0.25, -0.2) is 0 Å². The molecule has 3 aromatic rings. The summed E-state index contributed by atoms with van der Waals surface area (Å²) in [5.41, 5.74) is 6.52. The van der Waals surface area contributed by atoms with Gasteiger partial charge in [-0.2, -0.15) is 0 Å². The third kappa shape index (κ3) is 7.54. The molecule has 0 unspecified atom stereocenters. The molecule has 0 spiro atoms. The van der Waals surface area contributed by atoms with Crippen molar-refractivity contribution in [1.82, 2.24) is 10.2 Å². The second-order valence-electron chi connectivity index (χ2n) is 9.63. The Kier molecular flexibility index (Phi) is 9.25. The number of benzene rings is 3. The lowest BCUT2D eigenvalue weighted by Crippen LogP contribution is -2.52. The second-order valence-corrected chi connectivity index (χ2v) is 9.63. The summed E-state index contributed by atoms with van der Waals surface area (Å²) in [7, 11) is 0. The van der Waals surface area contributed by atoms with Gasteiger partial charge in [0.15, 0.2) is 0 Å². The number of rotatable bonds is 10. The fraction of sp³-hybridized carbons (Fsp3) is 0.355. The van der Waals surface area contributed by atoms with E-state index in [1.54, 1.807) is 4.90 Å². The van der Waals surface area contributed by atoms with Crippen LogP contribution in [0, 0.1) is 20.8 Å². The maximum Gasteiger partial charge on any atom is 0.243 e. The van der Waals surface area contributed by atoms with Crippen LogP contribution in [-0.4, -0.2) is 28.8 Å². The molecule has 0 heterocycles. The van der Waals surface area contributed by atoms with Crippen molar-refractivity contribution in [3.05, 3.63) is 106 Å². The van der Waals surface area contributed by atoms with Gasteiger partial charge in [0.25, 0.3) is 0 Å². The van der Waals surface area contributed by atoms with Crippen LogP contribution in [-0.2, 0) is 29.0 Å². The number of nitrogens with one attached hydrogen (secondary N) is 1. The van der Waals surface area contributed by atoms with Gasteiger partial charge in [-0.1, -0.05) is 85.3 Å². The molecule has 0 aliphatic carbocycles. The topological polar surface area (TPSA) is 49.4 Å². The maximum atomic E-state index is 13.8. The first-order valence-electron chi connectivity index (χ1n) is 12.5. The highest BCUT2D eigenvalue weighted by Gasteiger charge is 2.31. The van der Waals surface area contributed by atoms with Gasteiger partial charge >= 0.3 is 0 Å². The molecule has 0 fully saturated rings. The molecule has 0 bridgehead atoms. The highest BCUT2D eigenvalue weighted by Crippen LogP contribution is 2.18. The predicted octanol–water partition coefficient (Wildman–Crippen LogP) is 5.71. The van der Waals surface area contributed by atoms with E-state index < -0.39 is 6.04 Å². The van der Waals surface area contributed by atoms with Gasteiger partial charge in [-0.15, -0.1) is 0 Å². The van der Waals surface area contributed by atoms with E-state index in [2.05, 4.69) is 37.4 Å². The van der Waals surface area contributed by atoms with Crippen LogP contribution in [0.3, 0.4) is 0 Å². The summed E-state index contributed by atoms with van der Waals surface area (Å²) in [4.78, 5) is 29.2. The van der Waals surface area contributed by atoms with Gasteiger partial charge in [0, 0.05) is 19.0 Å². The zero-order valence-corrected chi connectivity index (χ0v) is 21.7. The molecular formula is C31H38N2O2. The second kappa shape index (κ2) is 12.3. The standard InChI is InChI=1S/C31H38N2O2/c1-6-25(5)32-31(35)29(19-26-12-8-7-9-13-26)33(21-28-14-10-11-22(2)17-28)30(34)20-27-16-15-23(3)24(4)18-27/h7-18,25,29H,6,19-21H2,1-5H3,(H,32,35)/t25-,29-/m1/s1. The lowest BCUT2D eigenvalue weighted by Gasteiger charge is -2.32. The van der Waals surface area contributed by atoms with Crippen LogP contribution in [0.25, 0.3) is 0 Å². The SMILES string of the molecule is CC[C@@H](C)NC(=O)[C@@H](Cc1ccccc1)N(Cc1cccc(C)c1)C(=O)Cc1ccc(C)c(C)c1. The molecule has 4 nitrogen and oxygen atoms in total. The Labute approximate surface area is 210 Å². The molecule has 0 saturated heterocycles. The minimum Gasteiger partial charge on any atom is -0.352 e. The molecule has 0 aliphatic heterocycles. The highest BCUT2D eigenvalue weighted by molar-refractivity contribution is 5.89. The van der Waals surface area contributed by atoms with E-state index in [1.807, 2.05) is 75.4 Å². The minimum absolute atomic E-state index is 0.0384. The number of nitrogens with zero attached hydrogens (tertiary/aromatic N) is 1. The smallest absolute Gasteiger partial charge is 0.243 e. The fourth-order valence-electron chi connectivity index (χ4n) is 4.19. The van der Waals surface area contributed by atoms with Crippen molar-refractivity contribution in [2.45, 2.75) is 72.5 Å². The van der Waals surface area contributed by atoms with Gasteiger partial charge in [0.2, 0.25) is 11.8 Å². The van der Waals surface area contributed by atoms with Crippen LogP contribution in [0.5, 0.6) is 0 Å². The van der Waals surface area contributed by atoms with E-state index >= 15 is 0 Å². The minimum atomic E-state index is -0.606. The van der Waals surface area contributed by atoms with Crippen molar-refractivity contribution in [1.29, 1.82) is 0 Å². The number of amides is 2. The van der Waals surface area contributed by atoms with Gasteiger partial charge in [0.1, 0.15) is 6.04 Å². The number of hydrogen-bond donors (Lipinski definition) is 1. The molecule has 2 amide bonds. The van der Waals surface area contributed by atoms with Crippen LogP contribution in [0.2, 0.25) is 0 Å². The Balaban J connectivity index is 1.98. The number of carbonyl (C=O) groups is 2. The van der Waals surface area contributed by atoms with E-state index in [1.165, 1.54) is 5.56 Å². The first-order chi connectivity index (χ1) is 16.8. The molecular weight excluding hydrogens is 432 g/mol. The normalized spacial score (nSPS) is 12.6. The van der Waals surface area contributed by atoms with Gasteiger partial charge in [0.05, 0.1) is 6.42 Å². The fourth-order valence-corrected chi connectivity index (χ4v) is 4.19. The number of carbonyl (C=O) groups excluding carboxylic acids is 2. The molecule has 184 valence electrons. The first kappa shape index (κ1) is 26.2. The van der Waals surface area contributed by atoms with Crippen molar-refractivity contribution in [2.24, 2.45) is 0 Å². The van der Waals surface area contributed by atoms with Gasteiger partial charge in [-0.3, -0.25) is 9.59 Å². The Bertz CT molecular complexity index is 1140. The van der Waals surface area contributed by atoms with Crippen molar-refractivity contribution < 1.29 is 9.59 Å². The largest absolute Gasteiger partial charge is 0.352 e. The summed E-state index contributed by atoms with van der Waals surface area (Å²) in [6, 6.07) is 23.7. The van der Waals surface area contributed by atoms with E-state index in [9.17, 15) is 9.59 Å². The van der Waals surface area contributed by atoms with Crippen molar-refractivity contribution in [3.63, 3.8) is 0 Å². The van der Waals surface area contributed by atoms with Crippen LogP contribution in [0.1, 0.15) is 53.6 Å². The van der Waals surface area contributed by atoms with Gasteiger partial charge < -0.3 is 10.2 Å². The van der Waals surface area contributed by atoms with E-state index in [-0.39, 0.29) is 24.3 Å². The molecule has 3 aromatic carbocycles. The van der Waals surface area contributed by atoms with Crippen molar-refractivity contribution in [2.75, 3.05) is 0 Å². The molecule has 35 heavy (non-hydrogen) atoms. The Morgan fingerprint density at radius 2 is 1.54 bits per heavy atom. The van der Waals surface area contributed by atoms with Crippen LogP contribution in [0.4, 0.5) is 0 Å². The van der Waals surface area contributed by atoms with Gasteiger partial charge in [-0.05, 0) is 61.9 Å². The Morgan fingerprint density at radius 1 is 0.829 bits per heavy atom. The Morgan fingerprint density at radius 3 is 2.20 bits per heavy atom. The third-order valence-corrected chi connectivity index (χ3v) is 6.63. The molecule has 0 saturated carbocycles. The Hall–Kier alpha value is -3.40. The third-order valence-electron chi connectivity index (χ3n) is 6.63. The van der Waals surface area contributed by atoms with Crippen LogP contribution >= 0.6 is 0 Å². The monoisotopic (exact) mass is 470 g/mol. The van der Waals surface area contributed by atoms with E-state index in [0.717, 1.165) is 34.2 Å². The zero-order valence-electron chi connectivity index (χ0n) is 21.7. The molecule has 0 aliphatic rings. The first-order valence-corrected chi connectivity index (χ1v) is 12.5. The molecule has 3 rings (SSSR count). The van der Waals surface area contributed by atoms with Crippen molar-refractivity contribution >= 4 is 11.8 Å². The molecule has 0 radical (unpaired) electrons. The summed E-state index contributed by atoms with van der Waals surface area (Å²) in [5, 5.41) is 3.13. The highest BCUT2D eigenvalue weighted by atomic mass is 16.2. The summed E-state index contributed by atoms with van der Waals surface area (Å²) in [6.07, 6.45) is 1.56. The molecule has 1 N–H and O–H groups in total. The number of aryl methyl sites for hydroxylation is 3. The summed E-state index contributed by atoms with van der Waals surface area (Å²) < 4.78 is 0. The summed E-state index contributed by atoms with van der Waals surface area (Å²) >= 11 is 0. The van der Waals surface area contributed by atoms with Crippen molar-refractivity contribution in [3.8, 4) is 0 Å². The molecule has 2 atom stereocenters. The van der Waals surface area contributed by atoms with E-state index in [4.69, 9.17) is 0 Å². The zero-order chi connectivity index (χ0) is 25.4. The molecule has 4 heteroatoms. The number of hydrogen-bond acceptors (Lipinski definition) is 2. The lowest BCUT2D eigenvalue weighted by molar-refractivity contribution is -0.141. The average Bonchev–Trinajstić information content (AvgIpc) is 2.84.